The molecule has 3 rings (SSSR count). The van der Waals surface area contributed by atoms with Gasteiger partial charge < -0.3 is 15.5 Å². The number of hydrogen-bond donors (Lipinski definition) is 2. The van der Waals surface area contributed by atoms with E-state index in [2.05, 4.69) is 5.32 Å². The number of hydrogen-bond acceptors (Lipinski definition) is 3. The average Bonchev–Trinajstić information content (AvgIpc) is 3.17. The smallest absolute Gasteiger partial charge is 0.287 e. The monoisotopic (exact) mass is 354 g/mol. The summed E-state index contributed by atoms with van der Waals surface area (Å²) in [5.41, 5.74) is 6.34. The molecule has 0 spiro atoms. The first-order valence-electron chi connectivity index (χ1n) is 7.51. The van der Waals surface area contributed by atoms with E-state index in [1.165, 1.54) is 0 Å². The summed E-state index contributed by atoms with van der Waals surface area (Å²) in [6, 6.07) is 10.8. The number of amides is 1. The second kappa shape index (κ2) is 7.39. The molecule has 1 aromatic carbocycles. The Morgan fingerprint density at radius 3 is 2.57 bits per heavy atom. The lowest BCUT2D eigenvalue weighted by Crippen LogP contribution is -2.51. The standard InChI is InChI=1S/C17H19ClN2O2.ClH/c18-13-6-2-1-5-12(13)14-7-8-15(22-14)16(21)20-17(11-19)9-3-4-10-17;/h1-2,5-8H,3-4,9-11,19H2,(H,20,21);1H. The topological polar surface area (TPSA) is 68.3 Å². The first-order valence-corrected chi connectivity index (χ1v) is 7.89. The number of furan rings is 1. The van der Waals surface area contributed by atoms with Gasteiger partial charge in [0.05, 0.1) is 10.6 Å². The van der Waals surface area contributed by atoms with Crippen LogP contribution >= 0.6 is 24.0 Å². The van der Waals surface area contributed by atoms with E-state index in [0.717, 1.165) is 31.2 Å². The maximum atomic E-state index is 12.4. The van der Waals surface area contributed by atoms with Gasteiger partial charge in [0.25, 0.3) is 5.91 Å². The molecule has 2 aromatic rings. The van der Waals surface area contributed by atoms with Crippen molar-refractivity contribution < 1.29 is 9.21 Å². The molecule has 1 saturated carbocycles. The molecule has 124 valence electrons. The van der Waals surface area contributed by atoms with Crippen LogP contribution in [0, 0.1) is 0 Å². The van der Waals surface area contributed by atoms with Gasteiger partial charge in [-0.3, -0.25) is 4.79 Å². The van der Waals surface area contributed by atoms with Crippen LogP contribution in [-0.2, 0) is 0 Å². The fourth-order valence-corrected chi connectivity index (χ4v) is 3.23. The fourth-order valence-electron chi connectivity index (χ4n) is 3.00. The predicted octanol–water partition coefficient (Wildman–Crippen LogP) is 4.02. The van der Waals surface area contributed by atoms with Gasteiger partial charge in [-0.25, -0.2) is 0 Å². The Morgan fingerprint density at radius 1 is 1.22 bits per heavy atom. The van der Waals surface area contributed by atoms with Gasteiger partial charge >= 0.3 is 0 Å². The summed E-state index contributed by atoms with van der Waals surface area (Å²) in [5.74, 6) is 0.657. The molecule has 0 saturated heterocycles. The molecule has 6 heteroatoms. The number of carbonyl (C=O) groups is 1. The minimum atomic E-state index is -0.283. The zero-order valence-electron chi connectivity index (χ0n) is 12.7. The second-order valence-electron chi connectivity index (χ2n) is 5.79. The number of halogens is 2. The summed E-state index contributed by atoms with van der Waals surface area (Å²) in [4.78, 5) is 12.4. The molecule has 0 aliphatic heterocycles. The highest BCUT2D eigenvalue weighted by molar-refractivity contribution is 6.33. The lowest BCUT2D eigenvalue weighted by atomic mass is 9.98. The summed E-state index contributed by atoms with van der Waals surface area (Å²) in [6.07, 6.45) is 4.04. The first kappa shape index (κ1) is 17.9. The summed E-state index contributed by atoms with van der Waals surface area (Å²) < 4.78 is 5.67. The van der Waals surface area contributed by atoms with E-state index in [1.54, 1.807) is 18.2 Å². The Balaban J connectivity index is 0.00000192. The van der Waals surface area contributed by atoms with Crippen LogP contribution in [0.25, 0.3) is 11.3 Å². The van der Waals surface area contributed by atoms with Crippen LogP contribution in [0.15, 0.2) is 40.8 Å². The van der Waals surface area contributed by atoms with Gasteiger partial charge in [0.2, 0.25) is 0 Å². The van der Waals surface area contributed by atoms with Crippen LogP contribution in [-0.4, -0.2) is 18.0 Å². The van der Waals surface area contributed by atoms with Crippen molar-refractivity contribution in [1.82, 2.24) is 5.32 Å². The van der Waals surface area contributed by atoms with Crippen molar-refractivity contribution in [2.75, 3.05) is 6.54 Å². The maximum absolute atomic E-state index is 12.4. The van der Waals surface area contributed by atoms with E-state index >= 15 is 0 Å². The number of nitrogens with one attached hydrogen (secondary N) is 1. The highest BCUT2D eigenvalue weighted by Gasteiger charge is 2.34. The minimum absolute atomic E-state index is 0. The summed E-state index contributed by atoms with van der Waals surface area (Å²) in [7, 11) is 0. The maximum Gasteiger partial charge on any atom is 0.287 e. The van der Waals surface area contributed by atoms with E-state index in [4.69, 9.17) is 21.8 Å². The molecule has 0 radical (unpaired) electrons. The van der Waals surface area contributed by atoms with Crippen LogP contribution < -0.4 is 11.1 Å². The molecular weight excluding hydrogens is 335 g/mol. The van der Waals surface area contributed by atoms with E-state index in [1.807, 2.05) is 18.2 Å². The quantitative estimate of drug-likeness (QED) is 0.870. The molecule has 1 aliphatic carbocycles. The Hall–Kier alpha value is -1.49. The lowest BCUT2D eigenvalue weighted by molar-refractivity contribution is 0.0875. The Morgan fingerprint density at radius 2 is 1.91 bits per heavy atom. The molecule has 4 nitrogen and oxygen atoms in total. The van der Waals surface area contributed by atoms with Gasteiger partial charge in [-0.1, -0.05) is 36.6 Å². The number of carbonyl (C=O) groups excluding carboxylic acids is 1. The van der Waals surface area contributed by atoms with Crippen molar-refractivity contribution >= 4 is 29.9 Å². The van der Waals surface area contributed by atoms with E-state index in [-0.39, 0.29) is 29.6 Å². The average molecular weight is 355 g/mol. The zero-order valence-corrected chi connectivity index (χ0v) is 14.3. The van der Waals surface area contributed by atoms with Crippen LogP contribution in [0.5, 0.6) is 0 Å². The minimum Gasteiger partial charge on any atom is -0.451 e. The molecule has 23 heavy (non-hydrogen) atoms. The Kier molecular flexibility index (Phi) is 5.74. The van der Waals surface area contributed by atoms with Crippen LogP contribution in [0.2, 0.25) is 5.02 Å². The third-order valence-corrected chi connectivity index (χ3v) is 4.63. The molecule has 0 bridgehead atoms. The highest BCUT2D eigenvalue weighted by Crippen LogP contribution is 2.31. The van der Waals surface area contributed by atoms with Gasteiger partial charge in [0, 0.05) is 12.1 Å². The van der Waals surface area contributed by atoms with E-state index < -0.39 is 0 Å². The van der Waals surface area contributed by atoms with Crippen LogP contribution in [0.4, 0.5) is 0 Å². The molecular formula is C17H20Cl2N2O2. The normalized spacial score (nSPS) is 15.9. The summed E-state index contributed by atoms with van der Waals surface area (Å²) in [5, 5.41) is 3.64. The van der Waals surface area contributed by atoms with Crippen molar-refractivity contribution in [3.05, 3.63) is 47.2 Å². The third kappa shape index (κ3) is 3.71. The third-order valence-electron chi connectivity index (χ3n) is 4.30. The number of nitrogens with two attached hydrogens (primary N) is 1. The SMILES string of the molecule is Cl.NCC1(NC(=O)c2ccc(-c3ccccc3Cl)o2)CCCC1. The Labute approximate surface area is 146 Å². The molecule has 0 unspecified atom stereocenters. The van der Waals surface area contributed by atoms with Crippen LogP contribution in [0.1, 0.15) is 36.2 Å². The number of rotatable bonds is 4. The van der Waals surface area contributed by atoms with Crippen LogP contribution in [0.3, 0.4) is 0 Å². The largest absolute Gasteiger partial charge is 0.451 e. The molecule has 1 heterocycles. The zero-order chi connectivity index (χ0) is 15.6. The van der Waals surface area contributed by atoms with Gasteiger partial charge in [-0.2, -0.15) is 0 Å². The number of benzene rings is 1. The highest BCUT2D eigenvalue weighted by atomic mass is 35.5. The van der Waals surface area contributed by atoms with E-state index in [0.29, 0.717) is 17.3 Å². The summed E-state index contributed by atoms with van der Waals surface area (Å²) >= 11 is 6.15. The van der Waals surface area contributed by atoms with Gasteiger partial charge in [-0.15, -0.1) is 12.4 Å². The molecule has 3 N–H and O–H groups in total. The molecule has 1 amide bonds. The second-order valence-corrected chi connectivity index (χ2v) is 6.20. The van der Waals surface area contributed by atoms with Gasteiger partial charge in [0.1, 0.15) is 5.76 Å². The summed E-state index contributed by atoms with van der Waals surface area (Å²) in [6.45, 7) is 0.455. The van der Waals surface area contributed by atoms with Crippen molar-refractivity contribution in [2.24, 2.45) is 5.73 Å². The van der Waals surface area contributed by atoms with Crippen molar-refractivity contribution in [1.29, 1.82) is 0 Å². The van der Waals surface area contributed by atoms with Gasteiger partial charge in [-0.05, 0) is 37.1 Å². The van der Waals surface area contributed by atoms with Crippen molar-refractivity contribution in [2.45, 2.75) is 31.2 Å². The van der Waals surface area contributed by atoms with Crippen molar-refractivity contribution in [3.63, 3.8) is 0 Å². The molecule has 1 aliphatic rings. The van der Waals surface area contributed by atoms with Crippen molar-refractivity contribution in [3.8, 4) is 11.3 Å². The fraction of sp³-hybridized carbons (Fsp3) is 0.353. The first-order chi connectivity index (χ1) is 10.6. The Bertz CT molecular complexity index is 679. The predicted molar refractivity (Wildman–Crippen MR) is 94.1 cm³/mol. The van der Waals surface area contributed by atoms with E-state index in [9.17, 15) is 4.79 Å². The molecule has 1 fully saturated rings. The lowest BCUT2D eigenvalue weighted by Gasteiger charge is -2.28. The van der Waals surface area contributed by atoms with Gasteiger partial charge in [0.15, 0.2) is 5.76 Å². The molecule has 0 atom stereocenters. The molecule has 1 aromatic heterocycles.